The topological polar surface area (TPSA) is 40.5 Å². The second kappa shape index (κ2) is 6.33. The van der Waals surface area contributed by atoms with Crippen molar-refractivity contribution in [2.45, 2.75) is 32.1 Å². The van der Waals surface area contributed by atoms with E-state index in [1.807, 2.05) is 0 Å². The molecule has 1 unspecified atom stereocenters. The number of ether oxygens (including phenoxy) is 2. The number of halogens is 1. The highest BCUT2D eigenvalue weighted by atomic mass is 79.9. The van der Waals surface area contributed by atoms with Crippen LogP contribution in [0.4, 0.5) is 0 Å². The van der Waals surface area contributed by atoms with Gasteiger partial charge in [0.2, 0.25) is 0 Å². The molecule has 1 aliphatic heterocycles. The van der Waals surface area contributed by atoms with E-state index in [2.05, 4.69) is 15.9 Å². The van der Waals surface area contributed by atoms with Crippen molar-refractivity contribution in [3.8, 4) is 0 Å². The third-order valence-corrected chi connectivity index (χ3v) is 3.19. The molecular formula is C12H16BrNO3. The van der Waals surface area contributed by atoms with Gasteiger partial charge in [0, 0.05) is 29.9 Å². The van der Waals surface area contributed by atoms with Gasteiger partial charge >= 0.3 is 0 Å². The number of hydrogen-bond acceptors (Lipinski definition) is 3. The average Bonchev–Trinajstić information content (AvgIpc) is 2.35. The molecule has 0 aromatic carbocycles. The van der Waals surface area contributed by atoms with E-state index in [0.29, 0.717) is 13.2 Å². The number of hydrogen-bond donors (Lipinski definition) is 0. The van der Waals surface area contributed by atoms with Crippen molar-refractivity contribution in [1.29, 1.82) is 0 Å². The molecule has 0 aliphatic carbocycles. The molecule has 0 spiro atoms. The van der Waals surface area contributed by atoms with Gasteiger partial charge in [-0.3, -0.25) is 4.79 Å². The van der Waals surface area contributed by atoms with Crippen LogP contribution in [0.5, 0.6) is 0 Å². The van der Waals surface area contributed by atoms with E-state index in [4.69, 9.17) is 9.47 Å². The van der Waals surface area contributed by atoms with Crippen molar-refractivity contribution < 1.29 is 9.47 Å². The molecule has 0 amide bonds. The minimum absolute atomic E-state index is 0.0126. The maximum Gasteiger partial charge on any atom is 0.250 e. The van der Waals surface area contributed by atoms with Gasteiger partial charge in [0.1, 0.15) is 0 Å². The summed E-state index contributed by atoms with van der Waals surface area (Å²) in [5, 5.41) is 0. The summed E-state index contributed by atoms with van der Waals surface area (Å²) < 4.78 is 13.6. The molecule has 2 rings (SSSR count). The Hall–Kier alpha value is -0.650. The van der Waals surface area contributed by atoms with Gasteiger partial charge in [0.25, 0.3) is 5.56 Å². The number of rotatable bonds is 4. The van der Waals surface area contributed by atoms with E-state index < -0.39 is 0 Å². The number of aromatic nitrogens is 1. The maximum absolute atomic E-state index is 11.5. The molecule has 4 nitrogen and oxygen atoms in total. The second-order valence-electron chi connectivity index (χ2n) is 4.05. The van der Waals surface area contributed by atoms with Crippen LogP contribution in [0.3, 0.4) is 0 Å². The van der Waals surface area contributed by atoms with E-state index in [1.54, 1.807) is 22.9 Å². The van der Waals surface area contributed by atoms with Gasteiger partial charge in [-0.1, -0.05) is 0 Å². The summed E-state index contributed by atoms with van der Waals surface area (Å²) in [5.74, 6) is 0. The molecular weight excluding hydrogens is 286 g/mol. The van der Waals surface area contributed by atoms with Crippen molar-refractivity contribution in [1.82, 2.24) is 4.57 Å². The van der Waals surface area contributed by atoms with Crippen molar-refractivity contribution in [3.05, 3.63) is 33.2 Å². The summed E-state index contributed by atoms with van der Waals surface area (Å²) >= 11 is 3.34. The Bertz CT molecular complexity index is 412. The standard InChI is InChI=1S/C12H16BrNO3/c13-10-4-5-11(15)14(9-10)6-8-17-12-3-1-2-7-16-12/h4-5,9,12H,1-3,6-8H2. The van der Waals surface area contributed by atoms with Crippen molar-refractivity contribution in [2.24, 2.45) is 0 Å². The number of pyridine rings is 1. The van der Waals surface area contributed by atoms with Gasteiger partial charge < -0.3 is 14.0 Å². The Morgan fingerprint density at radius 2 is 2.35 bits per heavy atom. The van der Waals surface area contributed by atoms with Crippen LogP contribution < -0.4 is 5.56 Å². The Morgan fingerprint density at radius 3 is 3.12 bits per heavy atom. The van der Waals surface area contributed by atoms with Crippen molar-refractivity contribution in [2.75, 3.05) is 13.2 Å². The molecule has 1 saturated heterocycles. The van der Waals surface area contributed by atoms with E-state index in [1.165, 1.54) is 0 Å². The molecule has 1 aromatic rings. The molecule has 94 valence electrons. The smallest absolute Gasteiger partial charge is 0.250 e. The summed E-state index contributed by atoms with van der Waals surface area (Å²) in [5.41, 5.74) is -0.0126. The van der Waals surface area contributed by atoms with Crippen LogP contribution in [-0.4, -0.2) is 24.1 Å². The molecule has 17 heavy (non-hydrogen) atoms. The summed E-state index contributed by atoms with van der Waals surface area (Å²) in [4.78, 5) is 11.5. The van der Waals surface area contributed by atoms with Crippen LogP contribution in [-0.2, 0) is 16.0 Å². The lowest BCUT2D eigenvalue weighted by atomic mass is 10.2. The van der Waals surface area contributed by atoms with E-state index in [-0.39, 0.29) is 11.8 Å². The highest BCUT2D eigenvalue weighted by Crippen LogP contribution is 2.13. The van der Waals surface area contributed by atoms with Gasteiger partial charge in [0.15, 0.2) is 6.29 Å². The maximum atomic E-state index is 11.5. The SMILES string of the molecule is O=c1ccc(Br)cn1CCOC1CCCCO1. The zero-order valence-electron chi connectivity index (χ0n) is 9.60. The zero-order valence-corrected chi connectivity index (χ0v) is 11.2. The molecule has 0 saturated carbocycles. The average molecular weight is 302 g/mol. The molecule has 1 atom stereocenters. The first-order valence-corrected chi connectivity index (χ1v) is 6.64. The fraction of sp³-hybridized carbons (Fsp3) is 0.583. The monoisotopic (exact) mass is 301 g/mol. The van der Waals surface area contributed by atoms with Crippen LogP contribution in [0.2, 0.25) is 0 Å². The fourth-order valence-corrected chi connectivity index (χ4v) is 2.18. The first-order chi connectivity index (χ1) is 8.25. The van der Waals surface area contributed by atoms with Crippen molar-refractivity contribution >= 4 is 15.9 Å². The van der Waals surface area contributed by atoms with E-state index in [9.17, 15) is 4.79 Å². The third-order valence-electron chi connectivity index (χ3n) is 2.72. The van der Waals surface area contributed by atoms with Gasteiger partial charge in [0.05, 0.1) is 6.61 Å². The zero-order chi connectivity index (χ0) is 12.1. The summed E-state index contributed by atoms with van der Waals surface area (Å²) in [6.45, 7) is 1.83. The fourth-order valence-electron chi connectivity index (χ4n) is 1.80. The van der Waals surface area contributed by atoms with E-state index in [0.717, 1.165) is 30.3 Å². The lowest BCUT2D eigenvalue weighted by molar-refractivity contribution is -0.163. The first-order valence-electron chi connectivity index (χ1n) is 5.85. The molecule has 0 radical (unpaired) electrons. The van der Waals surface area contributed by atoms with Gasteiger partial charge in [-0.15, -0.1) is 0 Å². The largest absolute Gasteiger partial charge is 0.353 e. The second-order valence-corrected chi connectivity index (χ2v) is 4.96. The molecule has 2 heterocycles. The third kappa shape index (κ3) is 3.94. The van der Waals surface area contributed by atoms with Gasteiger partial charge in [-0.05, 0) is 41.3 Å². The van der Waals surface area contributed by atoms with Crippen molar-refractivity contribution in [3.63, 3.8) is 0 Å². The van der Waals surface area contributed by atoms with E-state index >= 15 is 0 Å². The lowest BCUT2D eigenvalue weighted by Crippen LogP contribution is -2.26. The molecule has 0 N–H and O–H groups in total. The molecule has 0 bridgehead atoms. The summed E-state index contributed by atoms with van der Waals surface area (Å²) in [7, 11) is 0. The Morgan fingerprint density at radius 1 is 1.47 bits per heavy atom. The highest BCUT2D eigenvalue weighted by Gasteiger charge is 2.13. The summed E-state index contributed by atoms with van der Waals surface area (Å²) in [6, 6.07) is 3.28. The van der Waals surface area contributed by atoms with Crippen LogP contribution in [0.1, 0.15) is 19.3 Å². The Labute approximate surface area is 109 Å². The van der Waals surface area contributed by atoms with Crippen LogP contribution >= 0.6 is 15.9 Å². The molecule has 5 heteroatoms. The lowest BCUT2D eigenvalue weighted by Gasteiger charge is -2.22. The van der Waals surface area contributed by atoms with Crippen LogP contribution in [0.15, 0.2) is 27.6 Å². The predicted octanol–water partition coefficient (Wildman–Crippen LogP) is 2.15. The van der Waals surface area contributed by atoms with Gasteiger partial charge in [-0.25, -0.2) is 0 Å². The predicted molar refractivity (Wildman–Crippen MR) is 67.9 cm³/mol. The van der Waals surface area contributed by atoms with Gasteiger partial charge in [-0.2, -0.15) is 0 Å². The molecule has 1 fully saturated rings. The minimum atomic E-state index is -0.0911. The minimum Gasteiger partial charge on any atom is -0.353 e. The quantitative estimate of drug-likeness (QED) is 0.855. The Kier molecular flexibility index (Phi) is 4.76. The summed E-state index contributed by atoms with van der Waals surface area (Å²) in [6.07, 6.45) is 4.90. The van der Waals surface area contributed by atoms with Crippen LogP contribution in [0, 0.1) is 0 Å². The first kappa shape index (κ1) is 12.8. The number of nitrogens with zero attached hydrogens (tertiary/aromatic N) is 1. The Balaban J connectivity index is 1.81. The molecule has 1 aromatic heterocycles. The normalized spacial score (nSPS) is 20.4. The molecule has 1 aliphatic rings. The highest BCUT2D eigenvalue weighted by molar-refractivity contribution is 9.10. The van der Waals surface area contributed by atoms with Crippen LogP contribution in [0.25, 0.3) is 0 Å².